The summed E-state index contributed by atoms with van der Waals surface area (Å²) in [5, 5.41) is 13.5. The Bertz CT molecular complexity index is 528. The molecule has 4 fully saturated rings. The first-order valence-electron chi connectivity index (χ1n) is 7.61. The average molecular weight is 275 g/mol. The second-order valence-corrected chi connectivity index (χ2v) is 7.18. The van der Waals surface area contributed by atoms with E-state index in [1.807, 2.05) is 4.68 Å². The molecule has 0 saturated heterocycles. The molecule has 4 bridgehead atoms. The zero-order valence-electron chi connectivity index (χ0n) is 11.6. The smallest absolute Gasteiger partial charge is 0.309 e. The van der Waals surface area contributed by atoms with E-state index in [0.29, 0.717) is 11.5 Å². The number of hydrogen-bond acceptors (Lipinski definition) is 3. The second-order valence-electron chi connectivity index (χ2n) is 7.18. The highest BCUT2D eigenvalue weighted by Crippen LogP contribution is 2.59. The van der Waals surface area contributed by atoms with Gasteiger partial charge in [-0.2, -0.15) is 5.10 Å². The topological polar surface area (TPSA) is 81.1 Å². The molecule has 5 rings (SSSR count). The van der Waals surface area contributed by atoms with Gasteiger partial charge >= 0.3 is 5.97 Å². The molecule has 4 aliphatic rings. The Kier molecular flexibility index (Phi) is 2.44. The molecule has 4 aliphatic carbocycles. The molecule has 0 amide bonds. The molecule has 0 unspecified atom stereocenters. The van der Waals surface area contributed by atoms with Crippen LogP contribution in [0.2, 0.25) is 0 Å². The van der Waals surface area contributed by atoms with Crippen molar-refractivity contribution in [1.82, 2.24) is 9.78 Å². The van der Waals surface area contributed by atoms with E-state index in [0.717, 1.165) is 17.8 Å². The summed E-state index contributed by atoms with van der Waals surface area (Å²) in [6.45, 7) is 0. The van der Waals surface area contributed by atoms with Crippen molar-refractivity contribution in [2.24, 2.45) is 17.8 Å². The van der Waals surface area contributed by atoms with Crippen molar-refractivity contribution in [2.45, 2.75) is 50.5 Å². The first-order valence-corrected chi connectivity index (χ1v) is 7.61. The molecule has 0 aliphatic heterocycles. The van der Waals surface area contributed by atoms with Gasteiger partial charge in [0.05, 0.1) is 17.7 Å². The number of aliphatic carboxylic acids is 1. The van der Waals surface area contributed by atoms with Gasteiger partial charge < -0.3 is 10.8 Å². The quantitative estimate of drug-likeness (QED) is 0.884. The summed E-state index contributed by atoms with van der Waals surface area (Å²) in [7, 11) is 0. The SMILES string of the molecule is Nc1cc(CC(=O)O)nn1C12CC3CC(CC(C3)C1)C2. The third kappa shape index (κ3) is 1.75. The highest BCUT2D eigenvalue weighted by atomic mass is 16.4. The van der Waals surface area contributed by atoms with Crippen LogP contribution in [-0.2, 0) is 16.8 Å². The number of nitrogens with zero attached hydrogens (tertiary/aromatic N) is 2. The molecule has 0 aromatic carbocycles. The Labute approximate surface area is 118 Å². The third-order valence-corrected chi connectivity index (χ3v) is 5.58. The average Bonchev–Trinajstić information content (AvgIpc) is 2.68. The first-order chi connectivity index (χ1) is 9.54. The molecule has 108 valence electrons. The molecule has 0 spiro atoms. The molecule has 0 atom stereocenters. The fourth-order valence-electron chi connectivity index (χ4n) is 5.39. The number of nitrogen functional groups attached to an aromatic ring is 1. The van der Waals surface area contributed by atoms with Crippen LogP contribution in [0.25, 0.3) is 0 Å². The Hall–Kier alpha value is -1.52. The van der Waals surface area contributed by atoms with E-state index in [9.17, 15) is 4.79 Å². The lowest BCUT2D eigenvalue weighted by Gasteiger charge is -2.56. The number of carboxylic acids is 1. The lowest BCUT2D eigenvalue weighted by molar-refractivity contribution is -0.136. The van der Waals surface area contributed by atoms with Gasteiger partial charge in [-0.15, -0.1) is 0 Å². The number of nitrogens with two attached hydrogens (primary N) is 1. The van der Waals surface area contributed by atoms with Crippen LogP contribution in [-0.4, -0.2) is 20.9 Å². The Balaban J connectivity index is 1.70. The molecule has 4 saturated carbocycles. The molecule has 5 nitrogen and oxygen atoms in total. The Morgan fingerprint density at radius 2 is 1.85 bits per heavy atom. The monoisotopic (exact) mass is 275 g/mol. The maximum Gasteiger partial charge on any atom is 0.309 e. The van der Waals surface area contributed by atoms with Crippen LogP contribution in [0.4, 0.5) is 5.82 Å². The predicted octanol–water partition coefficient (Wildman–Crippen LogP) is 2.02. The molecule has 5 heteroatoms. The second kappa shape index (κ2) is 3.99. The normalized spacial score (nSPS) is 38.3. The number of hydrogen-bond donors (Lipinski definition) is 2. The van der Waals surface area contributed by atoms with Crippen molar-refractivity contribution in [3.63, 3.8) is 0 Å². The summed E-state index contributed by atoms with van der Waals surface area (Å²) in [6.07, 6.45) is 7.63. The van der Waals surface area contributed by atoms with Crippen molar-refractivity contribution in [3.8, 4) is 0 Å². The number of anilines is 1. The zero-order valence-corrected chi connectivity index (χ0v) is 11.6. The van der Waals surface area contributed by atoms with Gasteiger partial charge in [0.15, 0.2) is 0 Å². The summed E-state index contributed by atoms with van der Waals surface area (Å²) in [4.78, 5) is 10.8. The van der Waals surface area contributed by atoms with Crippen molar-refractivity contribution in [3.05, 3.63) is 11.8 Å². The minimum absolute atomic E-state index is 0.0381. The van der Waals surface area contributed by atoms with E-state index in [2.05, 4.69) is 5.10 Å². The molecule has 1 aromatic heterocycles. The van der Waals surface area contributed by atoms with Crippen molar-refractivity contribution in [1.29, 1.82) is 0 Å². The van der Waals surface area contributed by atoms with Crippen LogP contribution >= 0.6 is 0 Å². The maximum absolute atomic E-state index is 10.8. The van der Waals surface area contributed by atoms with Crippen molar-refractivity contribution < 1.29 is 9.90 Å². The van der Waals surface area contributed by atoms with E-state index >= 15 is 0 Å². The maximum atomic E-state index is 10.8. The van der Waals surface area contributed by atoms with Gasteiger partial charge in [-0.1, -0.05) is 0 Å². The summed E-state index contributed by atoms with van der Waals surface area (Å²) in [5.41, 5.74) is 6.81. The van der Waals surface area contributed by atoms with E-state index in [1.54, 1.807) is 6.07 Å². The van der Waals surface area contributed by atoms with E-state index in [-0.39, 0.29) is 12.0 Å². The molecular formula is C15H21N3O2. The van der Waals surface area contributed by atoms with Crippen LogP contribution < -0.4 is 5.73 Å². The number of rotatable bonds is 3. The lowest BCUT2D eigenvalue weighted by atomic mass is 9.53. The van der Waals surface area contributed by atoms with Crippen LogP contribution in [0, 0.1) is 17.8 Å². The molecule has 1 aromatic rings. The highest BCUT2D eigenvalue weighted by Gasteiger charge is 2.52. The third-order valence-electron chi connectivity index (χ3n) is 5.58. The minimum Gasteiger partial charge on any atom is -0.481 e. The summed E-state index contributed by atoms with van der Waals surface area (Å²) < 4.78 is 1.98. The van der Waals surface area contributed by atoms with E-state index in [1.165, 1.54) is 38.5 Å². The molecular weight excluding hydrogens is 254 g/mol. The zero-order chi connectivity index (χ0) is 13.9. The van der Waals surface area contributed by atoms with Gasteiger partial charge in [-0.3, -0.25) is 4.79 Å². The molecule has 0 radical (unpaired) electrons. The van der Waals surface area contributed by atoms with Gasteiger partial charge in [0, 0.05) is 6.07 Å². The van der Waals surface area contributed by atoms with Gasteiger partial charge in [-0.25, -0.2) is 4.68 Å². The van der Waals surface area contributed by atoms with E-state index in [4.69, 9.17) is 10.8 Å². The van der Waals surface area contributed by atoms with Crippen molar-refractivity contribution >= 4 is 11.8 Å². The highest BCUT2D eigenvalue weighted by molar-refractivity contribution is 5.69. The molecule has 3 N–H and O–H groups in total. The standard InChI is InChI=1S/C15H21N3O2/c16-13-4-12(5-14(19)20)17-18(13)15-6-9-1-10(7-15)3-11(2-9)8-15/h4,9-11H,1-3,5-8,16H2,(H,19,20). The summed E-state index contributed by atoms with van der Waals surface area (Å²) >= 11 is 0. The largest absolute Gasteiger partial charge is 0.481 e. The first kappa shape index (κ1) is 12.2. The Morgan fingerprint density at radius 1 is 1.30 bits per heavy atom. The van der Waals surface area contributed by atoms with Crippen LogP contribution in [0.3, 0.4) is 0 Å². The summed E-state index contributed by atoms with van der Waals surface area (Å²) in [5.74, 6) is 2.27. The van der Waals surface area contributed by atoms with Gasteiger partial charge in [0.25, 0.3) is 0 Å². The summed E-state index contributed by atoms with van der Waals surface area (Å²) in [6, 6.07) is 1.74. The van der Waals surface area contributed by atoms with Crippen molar-refractivity contribution in [2.75, 3.05) is 5.73 Å². The van der Waals surface area contributed by atoms with Gasteiger partial charge in [-0.05, 0) is 56.3 Å². The fourth-order valence-corrected chi connectivity index (χ4v) is 5.39. The van der Waals surface area contributed by atoms with Crippen LogP contribution in [0.1, 0.15) is 44.2 Å². The number of carboxylic acid groups (broad SMARTS) is 1. The van der Waals surface area contributed by atoms with Gasteiger partial charge in [0.2, 0.25) is 0 Å². The molecule has 1 heterocycles. The fraction of sp³-hybridized carbons (Fsp3) is 0.733. The van der Waals surface area contributed by atoms with Crippen LogP contribution in [0.5, 0.6) is 0 Å². The number of aromatic nitrogens is 2. The van der Waals surface area contributed by atoms with E-state index < -0.39 is 5.97 Å². The minimum atomic E-state index is -0.847. The van der Waals surface area contributed by atoms with Gasteiger partial charge in [0.1, 0.15) is 5.82 Å². The lowest BCUT2D eigenvalue weighted by Crippen LogP contribution is -2.52. The number of carbonyl (C=O) groups is 1. The predicted molar refractivity (Wildman–Crippen MR) is 74.1 cm³/mol. The molecule has 20 heavy (non-hydrogen) atoms. The van der Waals surface area contributed by atoms with Crippen LogP contribution in [0.15, 0.2) is 6.07 Å². The Morgan fingerprint density at radius 3 is 2.35 bits per heavy atom.